The number of nitrogens with zero attached hydrogens (tertiary/aromatic N) is 5. The Morgan fingerprint density at radius 2 is 1.88 bits per heavy atom. The van der Waals surface area contributed by atoms with E-state index in [0.717, 1.165) is 51.1 Å². The molecule has 2 aromatic heterocycles. The molecule has 0 saturated carbocycles. The minimum absolute atomic E-state index is 0.0590. The van der Waals surface area contributed by atoms with Crippen LogP contribution in [-0.2, 0) is 12.8 Å². The van der Waals surface area contributed by atoms with Crippen LogP contribution in [0.1, 0.15) is 17.7 Å². The topological polar surface area (TPSA) is 45.2 Å². The molecule has 1 aliphatic carbocycles. The summed E-state index contributed by atoms with van der Waals surface area (Å²) >= 11 is 12.0. The number of hydrogen-bond acceptors (Lipinski definition) is 5. The Morgan fingerprint density at radius 3 is 2.64 bits per heavy atom. The van der Waals surface area contributed by atoms with Crippen molar-refractivity contribution < 1.29 is 4.39 Å². The van der Waals surface area contributed by atoms with Gasteiger partial charge in [-0.2, -0.15) is 9.37 Å². The highest BCUT2D eigenvalue weighted by Crippen LogP contribution is 2.31. The first-order valence-corrected chi connectivity index (χ1v) is 9.22. The summed E-state index contributed by atoms with van der Waals surface area (Å²) in [5, 5.41) is 0.126. The van der Waals surface area contributed by atoms with Crippen molar-refractivity contribution in [2.45, 2.75) is 24.6 Å². The molecule has 1 saturated heterocycles. The van der Waals surface area contributed by atoms with Crippen molar-refractivity contribution in [2.24, 2.45) is 0 Å². The molecular formula is C17H18Cl2FN5. The molecule has 0 aromatic carbocycles. The predicted octanol–water partition coefficient (Wildman–Crippen LogP) is 3.09. The molecule has 1 fully saturated rings. The Morgan fingerprint density at radius 1 is 1.12 bits per heavy atom. The van der Waals surface area contributed by atoms with Gasteiger partial charge in [-0.1, -0.05) is 0 Å². The van der Waals surface area contributed by atoms with Crippen LogP contribution in [0, 0.1) is 5.95 Å². The second kappa shape index (κ2) is 6.92. The highest BCUT2D eigenvalue weighted by Gasteiger charge is 2.25. The van der Waals surface area contributed by atoms with Crippen LogP contribution < -0.4 is 9.80 Å². The molecule has 1 aliphatic heterocycles. The molecule has 4 rings (SSSR count). The van der Waals surface area contributed by atoms with Gasteiger partial charge in [0.05, 0.1) is 0 Å². The lowest BCUT2D eigenvalue weighted by atomic mass is 9.93. The molecule has 132 valence electrons. The van der Waals surface area contributed by atoms with Crippen molar-refractivity contribution in [3.63, 3.8) is 0 Å². The van der Waals surface area contributed by atoms with Gasteiger partial charge in [-0.3, -0.25) is 4.98 Å². The number of fused-ring (bicyclic) bond motifs is 1. The molecule has 1 unspecified atom stereocenters. The summed E-state index contributed by atoms with van der Waals surface area (Å²) in [5.74, 6) is -0.0600. The normalized spacial score (nSPS) is 20.5. The van der Waals surface area contributed by atoms with Gasteiger partial charge in [-0.15, -0.1) is 11.6 Å². The van der Waals surface area contributed by atoms with Crippen LogP contribution in [-0.4, -0.2) is 46.5 Å². The summed E-state index contributed by atoms with van der Waals surface area (Å²) in [4.78, 5) is 16.5. The molecule has 5 nitrogen and oxygen atoms in total. The van der Waals surface area contributed by atoms with E-state index in [9.17, 15) is 4.39 Å². The van der Waals surface area contributed by atoms with E-state index in [1.807, 2.05) is 11.1 Å². The maximum atomic E-state index is 13.5. The fraction of sp³-hybridized carbons (Fsp3) is 0.471. The van der Waals surface area contributed by atoms with Crippen LogP contribution >= 0.6 is 23.2 Å². The van der Waals surface area contributed by atoms with E-state index >= 15 is 0 Å². The average molecular weight is 382 g/mol. The lowest BCUT2D eigenvalue weighted by Crippen LogP contribution is -2.47. The molecule has 3 heterocycles. The van der Waals surface area contributed by atoms with Gasteiger partial charge in [0, 0.05) is 61.6 Å². The number of piperazine rings is 1. The zero-order valence-electron chi connectivity index (χ0n) is 13.6. The van der Waals surface area contributed by atoms with E-state index in [1.165, 1.54) is 17.3 Å². The van der Waals surface area contributed by atoms with E-state index in [0.29, 0.717) is 5.82 Å². The minimum atomic E-state index is -0.601. The van der Waals surface area contributed by atoms with Crippen molar-refractivity contribution in [1.82, 2.24) is 15.0 Å². The molecule has 0 amide bonds. The number of pyridine rings is 1. The Labute approximate surface area is 155 Å². The largest absolute Gasteiger partial charge is 0.368 e. The highest BCUT2D eigenvalue weighted by molar-refractivity contribution is 6.28. The lowest BCUT2D eigenvalue weighted by molar-refractivity contribution is 0.574. The molecule has 0 spiro atoms. The molecule has 0 radical (unpaired) electrons. The van der Waals surface area contributed by atoms with Crippen LogP contribution in [0.15, 0.2) is 18.3 Å². The van der Waals surface area contributed by atoms with Crippen molar-refractivity contribution in [1.29, 1.82) is 0 Å². The Balaban J connectivity index is 1.50. The van der Waals surface area contributed by atoms with E-state index in [-0.39, 0.29) is 10.7 Å². The van der Waals surface area contributed by atoms with Gasteiger partial charge >= 0.3 is 0 Å². The van der Waals surface area contributed by atoms with E-state index in [2.05, 4.69) is 25.9 Å². The van der Waals surface area contributed by atoms with E-state index < -0.39 is 5.95 Å². The first-order chi connectivity index (χ1) is 12.1. The second-order valence-electron chi connectivity index (χ2n) is 6.39. The summed E-state index contributed by atoms with van der Waals surface area (Å²) in [5.41, 5.74) is 3.69. The van der Waals surface area contributed by atoms with E-state index in [4.69, 9.17) is 23.2 Å². The van der Waals surface area contributed by atoms with Crippen molar-refractivity contribution in [2.75, 3.05) is 36.0 Å². The number of rotatable bonds is 2. The van der Waals surface area contributed by atoms with Crippen LogP contribution in [0.25, 0.3) is 0 Å². The van der Waals surface area contributed by atoms with Gasteiger partial charge in [0.15, 0.2) is 0 Å². The van der Waals surface area contributed by atoms with Gasteiger partial charge in [-0.25, -0.2) is 4.98 Å². The van der Waals surface area contributed by atoms with Crippen molar-refractivity contribution in [3.8, 4) is 0 Å². The SMILES string of the molecule is Fc1cc(N2CCN(c3ccnc4c3CCC(Cl)C4)CC2)nc(Cl)n1. The third-order valence-corrected chi connectivity index (χ3v) is 5.38. The molecule has 0 bridgehead atoms. The monoisotopic (exact) mass is 381 g/mol. The summed E-state index contributed by atoms with van der Waals surface area (Å²) in [7, 11) is 0. The Kier molecular flexibility index (Phi) is 4.65. The standard InChI is InChI=1S/C17H18Cl2FN5/c18-11-1-2-12-13(9-11)21-4-3-14(12)24-5-7-25(8-6-24)16-10-15(20)22-17(19)23-16/h3-4,10-11H,1-2,5-9H2. The number of hydrogen-bond donors (Lipinski definition) is 0. The fourth-order valence-electron chi connectivity index (χ4n) is 3.60. The zero-order valence-corrected chi connectivity index (χ0v) is 15.1. The van der Waals surface area contributed by atoms with Crippen LogP contribution in [0.2, 0.25) is 5.28 Å². The van der Waals surface area contributed by atoms with E-state index in [1.54, 1.807) is 0 Å². The van der Waals surface area contributed by atoms with Gasteiger partial charge in [0.25, 0.3) is 0 Å². The smallest absolute Gasteiger partial charge is 0.226 e. The first kappa shape index (κ1) is 16.8. The minimum Gasteiger partial charge on any atom is -0.368 e. The summed E-state index contributed by atoms with van der Waals surface area (Å²) in [6.45, 7) is 3.18. The maximum absolute atomic E-state index is 13.5. The second-order valence-corrected chi connectivity index (χ2v) is 7.34. The lowest BCUT2D eigenvalue weighted by Gasteiger charge is -2.38. The quantitative estimate of drug-likeness (QED) is 0.454. The van der Waals surface area contributed by atoms with Crippen molar-refractivity contribution >= 4 is 34.7 Å². The zero-order chi connectivity index (χ0) is 17.4. The predicted molar refractivity (Wildman–Crippen MR) is 97.3 cm³/mol. The molecule has 25 heavy (non-hydrogen) atoms. The Hall–Kier alpha value is -1.66. The third kappa shape index (κ3) is 3.51. The maximum Gasteiger partial charge on any atom is 0.226 e. The fourth-order valence-corrected chi connectivity index (χ4v) is 4.02. The molecule has 0 N–H and O–H groups in total. The van der Waals surface area contributed by atoms with Crippen LogP contribution in [0.5, 0.6) is 0 Å². The highest BCUT2D eigenvalue weighted by atomic mass is 35.5. The number of halogens is 3. The van der Waals surface area contributed by atoms with Gasteiger partial charge < -0.3 is 9.80 Å². The molecule has 2 aliphatic rings. The van der Waals surface area contributed by atoms with Crippen molar-refractivity contribution in [3.05, 3.63) is 40.8 Å². The van der Waals surface area contributed by atoms with Gasteiger partial charge in [-0.05, 0) is 36.1 Å². The average Bonchev–Trinajstić information content (AvgIpc) is 2.60. The number of aromatic nitrogens is 3. The summed E-state index contributed by atoms with van der Waals surface area (Å²) < 4.78 is 13.5. The van der Waals surface area contributed by atoms with Gasteiger partial charge in [0.2, 0.25) is 11.2 Å². The summed E-state index contributed by atoms with van der Waals surface area (Å²) in [6.07, 6.45) is 4.67. The van der Waals surface area contributed by atoms with Gasteiger partial charge in [0.1, 0.15) is 5.82 Å². The third-order valence-electron chi connectivity index (χ3n) is 4.84. The van der Waals surface area contributed by atoms with Crippen LogP contribution in [0.4, 0.5) is 15.9 Å². The Bertz CT molecular complexity index is 759. The molecule has 1 atom stereocenters. The number of alkyl halides is 1. The molecule has 8 heteroatoms. The number of anilines is 2. The first-order valence-electron chi connectivity index (χ1n) is 8.41. The molecular weight excluding hydrogens is 364 g/mol. The van der Waals surface area contributed by atoms with Crippen LogP contribution in [0.3, 0.4) is 0 Å². The molecule has 2 aromatic rings. The summed E-state index contributed by atoms with van der Waals surface area (Å²) in [6, 6.07) is 3.42.